The van der Waals surface area contributed by atoms with Gasteiger partial charge in [-0.25, -0.2) is 0 Å². The maximum absolute atomic E-state index is 10.2. The van der Waals surface area contributed by atoms with Crippen LogP contribution in [0.25, 0.3) is 0 Å². The normalized spacial score (nSPS) is 24.5. The summed E-state index contributed by atoms with van der Waals surface area (Å²) in [6, 6.07) is 29.5. The van der Waals surface area contributed by atoms with E-state index in [-0.39, 0.29) is 6.61 Å². The molecule has 3 N–H and O–H groups in total. The van der Waals surface area contributed by atoms with Gasteiger partial charge in [0.15, 0.2) is 6.29 Å². The summed E-state index contributed by atoms with van der Waals surface area (Å²) in [5.41, 5.74) is 1.81. The molecule has 150 valence electrons. The molecule has 0 aromatic heterocycles. The van der Waals surface area contributed by atoms with Crippen LogP contribution in [0.1, 0.15) is 16.7 Å². The van der Waals surface area contributed by atoms with Gasteiger partial charge in [-0.2, -0.15) is 0 Å². The quantitative estimate of drug-likeness (QED) is 0.562. The van der Waals surface area contributed by atoms with Crippen LogP contribution in [0.4, 0.5) is 0 Å². The van der Waals surface area contributed by atoms with Crippen LogP contribution >= 0.6 is 0 Å². The zero-order valence-corrected chi connectivity index (χ0v) is 15.8. The Hall–Kier alpha value is -2.54. The first-order valence-corrected chi connectivity index (χ1v) is 9.63. The molecule has 0 aliphatic carbocycles. The molecular weight excluding hydrogens is 368 g/mol. The highest BCUT2D eigenvalue weighted by molar-refractivity contribution is 5.47. The Morgan fingerprint density at radius 3 is 1.41 bits per heavy atom. The van der Waals surface area contributed by atoms with Gasteiger partial charge in [0, 0.05) is 0 Å². The minimum absolute atomic E-state index is 0.0199. The zero-order chi connectivity index (χ0) is 20.3. The predicted molar refractivity (Wildman–Crippen MR) is 108 cm³/mol. The standard InChI is InChI=1S/C24H24O5/c25-21-20(29-23(27)22(21)26)16-28-24(17-10-4-1-5-11-17,18-12-6-2-7-13-18)19-14-8-3-9-15-19/h1-15,20-23,25-27H,16H2/t20-,21-,22+,23-/m0/s1. The van der Waals surface area contributed by atoms with E-state index in [4.69, 9.17) is 9.47 Å². The predicted octanol–water partition coefficient (Wildman–Crippen LogP) is 2.43. The van der Waals surface area contributed by atoms with Crippen molar-refractivity contribution in [1.82, 2.24) is 0 Å². The average Bonchev–Trinajstić information content (AvgIpc) is 3.03. The fourth-order valence-electron chi connectivity index (χ4n) is 3.84. The number of aliphatic hydroxyl groups is 3. The van der Waals surface area contributed by atoms with E-state index in [0.29, 0.717) is 0 Å². The molecule has 1 fully saturated rings. The molecule has 5 heteroatoms. The minimum Gasteiger partial charge on any atom is -0.387 e. The number of rotatable bonds is 6. The van der Waals surface area contributed by atoms with Gasteiger partial charge in [-0.1, -0.05) is 91.0 Å². The maximum atomic E-state index is 10.2. The van der Waals surface area contributed by atoms with Gasteiger partial charge in [0.1, 0.15) is 23.9 Å². The Kier molecular flexibility index (Phi) is 5.76. The first kappa shape index (κ1) is 19.8. The van der Waals surface area contributed by atoms with E-state index in [0.717, 1.165) is 16.7 Å². The van der Waals surface area contributed by atoms with Gasteiger partial charge in [0.25, 0.3) is 0 Å². The molecule has 0 amide bonds. The molecule has 0 unspecified atom stereocenters. The van der Waals surface area contributed by atoms with E-state index in [1.807, 2.05) is 91.0 Å². The molecule has 29 heavy (non-hydrogen) atoms. The van der Waals surface area contributed by atoms with E-state index in [9.17, 15) is 15.3 Å². The van der Waals surface area contributed by atoms with Crippen molar-refractivity contribution in [3.05, 3.63) is 108 Å². The molecule has 0 radical (unpaired) electrons. The molecule has 4 atom stereocenters. The summed E-state index contributed by atoms with van der Waals surface area (Å²) >= 11 is 0. The van der Waals surface area contributed by atoms with Crippen LogP contribution in [0, 0.1) is 0 Å². The van der Waals surface area contributed by atoms with Crippen molar-refractivity contribution in [1.29, 1.82) is 0 Å². The van der Waals surface area contributed by atoms with Crippen molar-refractivity contribution in [2.24, 2.45) is 0 Å². The highest BCUT2D eigenvalue weighted by atomic mass is 16.7. The Morgan fingerprint density at radius 2 is 1.07 bits per heavy atom. The van der Waals surface area contributed by atoms with E-state index >= 15 is 0 Å². The first-order chi connectivity index (χ1) is 14.1. The third-order valence-corrected chi connectivity index (χ3v) is 5.34. The molecular formula is C24H24O5. The monoisotopic (exact) mass is 392 g/mol. The van der Waals surface area contributed by atoms with E-state index < -0.39 is 30.2 Å². The first-order valence-electron chi connectivity index (χ1n) is 9.63. The summed E-state index contributed by atoms with van der Waals surface area (Å²) in [7, 11) is 0. The lowest BCUT2D eigenvalue weighted by Gasteiger charge is -2.37. The van der Waals surface area contributed by atoms with Crippen LogP contribution < -0.4 is 0 Å². The third-order valence-electron chi connectivity index (χ3n) is 5.34. The molecule has 1 aliphatic heterocycles. The largest absolute Gasteiger partial charge is 0.387 e. The van der Waals surface area contributed by atoms with Crippen LogP contribution in [-0.2, 0) is 15.1 Å². The highest BCUT2D eigenvalue weighted by Gasteiger charge is 2.44. The summed E-state index contributed by atoms with van der Waals surface area (Å²) in [4.78, 5) is 0. The van der Waals surface area contributed by atoms with Gasteiger partial charge in [-0.3, -0.25) is 0 Å². The Morgan fingerprint density at radius 1 is 0.655 bits per heavy atom. The van der Waals surface area contributed by atoms with E-state index in [1.54, 1.807) is 0 Å². The van der Waals surface area contributed by atoms with Gasteiger partial charge < -0.3 is 24.8 Å². The molecule has 3 aromatic carbocycles. The van der Waals surface area contributed by atoms with Crippen molar-refractivity contribution in [2.45, 2.75) is 30.2 Å². The summed E-state index contributed by atoms with van der Waals surface area (Å²) in [5.74, 6) is 0. The molecule has 4 rings (SSSR count). The molecule has 1 saturated heterocycles. The Bertz CT molecular complexity index is 804. The number of ether oxygens (including phenoxy) is 2. The fourth-order valence-corrected chi connectivity index (χ4v) is 3.84. The smallest absolute Gasteiger partial charge is 0.184 e. The lowest BCUT2D eigenvalue weighted by molar-refractivity contribution is -0.145. The minimum atomic E-state index is -1.43. The molecule has 0 bridgehead atoms. The SMILES string of the molecule is O[C@@H]1[C@@H](O)[C@@H](O)O[C@H]1COC(c1ccccc1)(c1ccccc1)c1ccccc1. The van der Waals surface area contributed by atoms with Gasteiger partial charge in [-0.15, -0.1) is 0 Å². The van der Waals surface area contributed by atoms with Gasteiger partial charge in [-0.05, 0) is 16.7 Å². The van der Waals surface area contributed by atoms with E-state index in [1.165, 1.54) is 0 Å². The van der Waals surface area contributed by atoms with Crippen LogP contribution in [-0.4, -0.2) is 46.5 Å². The second-order valence-electron chi connectivity index (χ2n) is 7.14. The zero-order valence-electron chi connectivity index (χ0n) is 15.8. The fraction of sp³-hybridized carbons (Fsp3) is 0.250. The lowest BCUT2D eigenvalue weighted by Crippen LogP contribution is -2.39. The number of benzene rings is 3. The number of aliphatic hydroxyl groups excluding tert-OH is 3. The third kappa shape index (κ3) is 3.71. The van der Waals surface area contributed by atoms with Crippen LogP contribution in [0.15, 0.2) is 91.0 Å². The lowest BCUT2D eigenvalue weighted by atomic mass is 9.80. The van der Waals surface area contributed by atoms with Gasteiger partial charge >= 0.3 is 0 Å². The molecule has 3 aromatic rings. The van der Waals surface area contributed by atoms with Crippen molar-refractivity contribution < 1.29 is 24.8 Å². The molecule has 1 aliphatic rings. The van der Waals surface area contributed by atoms with E-state index in [2.05, 4.69) is 0 Å². The van der Waals surface area contributed by atoms with Gasteiger partial charge in [0.05, 0.1) is 6.61 Å². The van der Waals surface area contributed by atoms with Crippen LogP contribution in [0.3, 0.4) is 0 Å². The molecule has 0 spiro atoms. The summed E-state index contributed by atoms with van der Waals surface area (Å²) in [5, 5.41) is 29.8. The highest BCUT2D eigenvalue weighted by Crippen LogP contribution is 2.41. The molecule has 5 nitrogen and oxygen atoms in total. The van der Waals surface area contributed by atoms with Gasteiger partial charge in [0.2, 0.25) is 0 Å². The van der Waals surface area contributed by atoms with Crippen LogP contribution in [0.2, 0.25) is 0 Å². The number of hydrogen-bond donors (Lipinski definition) is 3. The maximum Gasteiger partial charge on any atom is 0.184 e. The Balaban J connectivity index is 1.80. The average molecular weight is 392 g/mol. The van der Waals surface area contributed by atoms with Crippen molar-refractivity contribution in [3.8, 4) is 0 Å². The topological polar surface area (TPSA) is 79.2 Å². The summed E-state index contributed by atoms with van der Waals surface area (Å²) in [6.45, 7) is -0.0199. The van der Waals surface area contributed by atoms with Crippen LogP contribution in [0.5, 0.6) is 0 Å². The second kappa shape index (κ2) is 8.45. The molecule has 0 saturated carbocycles. The second-order valence-corrected chi connectivity index (χ2v) is 7.14. The molecule has 1 heterocycles. The summed E-state index contributed by atoms with van der Waals surface area (Å²) < 4.78 is 11.9. The van der Waals surface area contributed by atoms with Crippen molar-refractivity contribution >= 4 is 0 Å². The number of hydrogen-bond acceptors (Lipinski definition) is 5. The van der Waals surface area contributed by atoms with Crippen molar-refractivity contribution in [3.63, 3.8) is 0 Å². The summed E-state index contributed by atoms with van der Waals surface area (Å²) in [6.07, 6.45) is -4.87. The Labute approximate surface area is 169 Å². The van der Waals surface area contributed by atoms with Crippen molar-refractivity contribution in [2.75, 3.05) is 6.61 Å².